The van der Waals surface area contributed by atoms with Crippen LogP contribution in [0.5, 0.6) is 0 Å². The van der Waals surface area contributed by atoms with Crippen molar-refractivity contribution in [2.75, 3.05) is 20.2 Å². The van der Waals surface area contributed by atoms with Crippen molar-refractivity contribution in [2.45, 2.75) is 65.2 Å². The number of carbonyl (C=O) groups is 3. The molecule has 0 radical (unpaired) electrons. The highest BCUT2D eigenvalue weighted by Gasteiger charge is 2.43. The molecule has 1 aliphatic rings. The molecule has 0 unspecified atom stereocenters. The Balaban J connectivity index is 2.27. The first-order valence-electron chi connectivity index (χ1n) is 11.5. The summed E-state index contributed by atoms with van der Waals surface area (Å²) in [4.78, 5) is 38.6. The van der Waals surface area contributed by atoms with E-state index in [0.717, 1.165) is 23.5 Å². The molecule has 9 nitrogen and oxygen atoms in total. The van der Waals surface area contributed by atoms with Gasteiger partial charge in [0.05, 0.1) is 19.1 Å². The third-order valence-corrected chi connectivity index (χ3v) is 5.50. The summed E-state index contributed by atoms with van der Waals surface area (Å²) in [6.45, 7) is 7.67. The van der Waals surface area contributed by atoms with Gasteiger partial charge in [-0.2, -0.15) is 0 Å². The summed E-state index contributed by atoms with van der Waals surface area (Å²) >= 11 is 0. The molecule has 0 aromatic heterocycles. The molecule has 34 heavy (non-hydrogen) atoms. The van der Waals surface area contributed by atoms with Gasteiger partial charge in [-0.3, -0.25) is 4.79 Å². The zero-order chi connectivity index (χ0) is 25.2. The summed E-state index contributed by atoms with van der Waals surface area (Å²) in [5, 5.41) is 4.37. The molecular formula is C25H37N3O6. The number of rotatable bonds is 8. The Morgan fingerprint density at radius 3 is 2.44 bits per heavy atom. The van der Waals surface area contributed by atoms with Gasteiger partial charge in [-0.1, -0.05) is 49.4 Å². The van der Waals surface area contributed by atoms with Gasteiger partial charge in [-0.25, -0.2) is 20.0 Å². The topological polar surface area (TPSA) is 106 Å². The second-order valence-corrected chi connectivity index (χ2v) is 9.35. The third-order valence-electron chi connectivity index (χ3n) is 5.50. The van der Waals surface area contributed by atoms with Crippen LogP contribution in [0.1, 0.15) is 52.5 Å². The van der Waals surface area contributed by atoms with E-state index >= 15 is 0 Å². The number of esters is 1. The van der Waals surface area contributed by atoms with Gasteiger partial charge in [-0.05, 0) is 52.1 Å². The van der Waals surface area contributed by atoms with E-state index in [-0.39, 0.29) is 19.2 Å². The van der Waals surface area contributed by atoms with E-state index < -0.39 is 29.2 Å². The molecule has 2 atom stereocenters. The van der Waals surface area contributed by atoms with Gasteiger partial charge < -0.3 is 19.5 Å². The number of methoxy groups -OCH3 is 1. The first kappa shape index (κ1) is 27.2. The highest BCUT2D eigenvalue weighted by molar-refractivity contribution is 5.79. The van der Waals surface area contributed by atoms with E-state index in [1.54, 1.807) is 20.8 Å². The van der Waals surface area contributed by atoms with Gasteiger partial charge in [0.25, 0.3) is 0 Å². The van der Waals surface area contributed by atoms with E-state index in [0.29, 0.717) is 12.8 Å². The van der Waals surface area contributed by atoms with E-state index in [2.05, 4.69) is 16.8 Å². The van der Waals surface area contributed by atoms with E-state index in [1.807, 2.05) is 43.3 Å². The number of nitrogens with one attached hydrogen (secondary N) is 2. The lowest BCUT2D eigenvalue weighted by Crippen LogP contribution is -2.55. The van der Waals surface area contributed by atoms with Crippen molar-refractivity contribution in [1.29, 1.82) is 0 Å². The minimum absolute atomic E-state index is 0.0104. The zero-order valence-corrected chi connectivity index (χ0v) is 20.8. The molecule has 0 fully saturated rings. The number of hydrogen-bond donors (Lipinski definition) is 2. The van der Waals surface area contributed by atoms with E-state index in [1.165, 1.54) is 7.11 Å². The van der Waals surface area contributed by atoms with Crippen molar-refractivity contribution in [3.63, 3.8) is 0 Å². The first-order chi connectivity index (χ1) is 16.1. The molecule has 188 valence electrons. The highest BCUT2D eigenvalue weighted by atomic mass is 16.6. The van der Waals surface area contributed by atoms with Crippen LogP contribution in [0.4, 0.5) is 9.59 Å². The van der Waals surface area contributed by atoms with Gasteiger partial charge in [0.15, 0.2) is 0 Å². The molecule has 9 heteroatoms. The van der Waals surface area contributed by atoms with Gasteiger partial charge >= 0.3 is 18.2 Å². The predicted molar refractivity (Wildman–Crippen MR) is 128 cm³/mol. The third kappa shape index (κ3) is 8.37. The summed E-state index contributed by atoms with van der Waals surface area (Å²) in [6.07, 6.45) is 4.11. The molecule has 1 aromatic carbocycles. The van der Waals surface area contributed by atoms with Crippen LogP contribution in [0.3, 0.4) is 0 Å². The maximum absolute atomic E-state index is 13.1. The number of hydrazine groups is 1. The highest BCUT2D eigenvalue weighted by Crippen LogP contribution is 2.32. The summed E-state index contributed by atoms with van der Waals surface area (Å²) in [5.41, 5.74) is 1.40. The molecule has 2 rings (SSSR count). The fourth-order valence-electron chi connectivity index (χ4n) is 3.73. The van der Waals surface area contributed by atoms with Crippen molar-refractivity contribution >= 4 is 18.2 Å². The largest absolute Gasteiger partial charge is 0.469 e. The Hall–Kier alpha value is -3.07. The van der Waals surface area contributed by atoms with Gasteiger partial charge in [-0.15, -0.1) is 0 Å². The molecular weight excluding hydrogens is 438 g/mol. The van der Waals surface area contributed by atoms with Crippen LogP contribution in [-0.2, 0) is 25.6 Å². The number of hydrogen-bond acceptors (Lipinski definition) is 7. The smallest absolute Gasteiger partial charge is 0.429 e. The second kappa shape index (κ2) is 12.4. The van der Waals surface area contributed by atoms with Crippen LogP contribution in [0.2, 0.25) is 0 Å². The minimum Gasteiger partial charge on any atom is -0.469 e. The molecule has 0 aliphatic carbocycles. The number of nitrogens with zero attached hydrogens (tertiary/aromatic N) is 1. The number of benzene rings is 1. The summed E-state index contributed by atoms with van der Waals surface area (Å²) in [7, 11) is 1.32. The maximum Gasteiger partial charge on any atom is 0.429 e. The molecule has 0 spiro atoms. The van der Waals surface area contributed by atoms with Crippen LogP contribution in [-0.4, -0.2) is 55.0 Å². The van der Waals surface area contributed by atoms with Crippen molar-refractivity contribution < 1.29 is 28.6 Å². The van der Waals surface area contributed by atoms with Crippen LogP contribution in [0.15, 0.2) is 42.5 Å². The second-order valence-electron chi connectivity index (χ2n) is 9.35. The lowest BCUT2D eigenvalue weighted by atomic mass is 9.78. The average Bonchev–Trinajstić information content (AvgIpc) is 2.81. The van der Waals surface area contributed by atoms with Crippen LogP contribution < -0.4 is 10.7 Å². The lowest BCUT2D eigenvalue weighted by molar-refractivity contribution is -0.155. The van der Waals surface area contributed by atoms with E-state index in [4.69, 9.17) is 14.2 Å². The number of amides is 2. The molecule has 2 N–H and O–H groups in total. The normalized spacial score (nSPS) is 17.3. The molecule has 0 saturated heterocycles. The van der Waals surface area contributed by atoms with Gasteiger partial charge in [0.2, 0.25) is 0 Å². The van der Waals surface area contributed by atoms with E-state index in [9.17, 15) is 14.4 Å². The monoisotopic (exact) mass is 475 g/mol. The predicted octanol–water partition coefficient (Wildman–Crippen LogP) is 3.94. The minimum atomic E-state index is -1.09. The van der Waals surface area contributed by atoms with Crippen molar-refractivity contribution in [3.8, 4) is 0 Å². The SMILES string of the molecule is CC[C@@](C[C@@H]1C=CCCN1)(CN(NC(=O)OC(C)(C)C)C(=O)OCc1ccccc1)C(=O)OC. The Labute approximate surface area is 201 Å². The Morgan fingerprint density at radius 2 is 1.88 bits per heavy atom. The average molecular weight is 476 g/mol. The molecule has 1 aliphatic heterocycles. The zero-order valence-electron chi connectivity index (χ0n) is 20.8. The number of carbonyl (C=O) groups excluding carboxylic acids is 3. The fraction of sp³-hybridized carbons (Fsp3) is 0.560. The van der Waals surface area contributed by atoms with Gasteiger partial charge in [0, 0.05) is 6.04 Å². The molecule has 0 saturated carbocycles. The molecule has 2 amide bonds. The quantitative estimate of drug-likeness (QED) is 0.254. The first-order valence-corrected chi connectivity index (χ1v) is 11.5. The fourth-order valence-corrected chi connectivity index (χ4v) is 3.73. The van der Waals surface area contributed by atoms with Crippen LogP contribution in [0, 0.1) is 5.41 Å². The van der Waals surface area contributed by atoms with Gasteiger partial charge in [0.1, 0.15) is 12.2 Å². The maximum atomic E-state index is 13.1. The molecule has 1 heterocycles. The number of ether oxygens (including phenoxy) is 3. The summed E-state index contributed by atoms with van der Waals surface area (Å²) in [5.74, 6) is -0.470. The summed E-state index contributed by atoms with van der Waals surface area (Å²) < 4.78 is 15.9. The van der Waals surface area contributed by atoms with Crippen molar-refractivity contribution in [3.05, 3.63) is 48.0 Å². The molecule has 0 bridgehead atoms. The summed E-state index contributed by atoms with van der Waals surface area (Å²) in [6, 6.07) is 9.11. The Bertz CT molecular complexity index is 852. The lowest BCUT2D eigenvalue weighted by Gasteiger charge is -2.37. The standard InChI is InChI=1S/C25H37N3O6/c1-6-25(21(29)32-5,16-20-14-10-11-15-26-20)18-28(27-22(30)34-24(2,3)4)23(31)33-17-19-12-8-7-9-13-19/h7-10,12-14,20,26H,6,11,15-18H2,1-5H3,(H,27,30)/t20-,25+/m0/s1. The van der Waals surface area contributed by atoms with Crippen molar-refractivity contribution in [2.24, 2.45) is 5.41 Å². The van der Waals surface area contributed by atoms with Crippen LogP contribution in [0.25, 0.3) is 0 Å². The van der Waals surface area contributed by atoms with Crippen molar-refractivity contribution in [1.82, 2.24) is 15.8 Å². The Kier molecular flexibility index (Phi) is 9.92. The van der Waals surface area contributed by atoms with Crippen LogP contribution >= 0.6 is 0 Å². The molecule has 1 aromatic rings. The Morgan fingerprint density at radius 1 is 1.18 bits per heavy atom.